The van der Waals surface area contributed by atoms with Crippen LogP contribution in [0.5, 0.6) is 0 Å². The number of ether oxygens (including phenoxy) is 1. The zero-order valence-electron chi connectivity index (χ0n) is 16.5. The lowest BCUT2D eigenvalue weighted by molar-refractivity contribution is -0.120. The van der Waals surface area contributed by atoms with E-state index in [0.717, 1.165) is 28.3 Å². The quantitative estimate of drug-likeness (QED) is 0.721. The third-order valence-electron chi connectivity index (χ3n) is 5.02. The Hall–Kier alpha value is -2.09. The molecule has 2 aromatic carbocycles. The van der Waals surface area contributed by atoms with Crippen molar-refractivity contribution in [3.05, 3.63) is 58.6 Å². The number of nitrogens with one attached hydrogen (secondary N) is 1. The van der Waals surface area contributed by atoms with E-state index in [4.69, 9.17) is 16.3 Å². The van der Waals surface area contributed by atoms with Crippen molar-refractivity contribution in [2.24, 2.45) is 0 Å². The van der Waals surface area contributed by atoms with Gasteiger partial charge in [0.2, 0.25) is 5.91 Å². The van der Waals surface area contributed by atoms with Crippen LogP contribution in [-0.4, -0.2) is 40.1 Å². The first kappa shape index (κ1) is 21.6. The predicted molar refractivity (Wildman–Crippen MR) is 114 cm³/mol. The molecule has 0 unspecified atom stereocenters. The van der Waals surface area contributed by atoms with Gasteiger partial charge in [-0.2, -0.15) is 0 Å². The molecule has 0 bridgehead atoms. The fraction of sp³-hybridized carbons (Fsp3) is 0.381. The van der Waals surface area contributed by atoms with E-state index in [1.165, 1.54) is 24.3 Å². The Morgan fingerprint density at radius 2 is 1.90 bits per heavy atom. The molecule has 0 saturated carbocycles. The fourth-order valence-corrected chi connectivity index (χ4v) is 4.69. The number of nitrogens with zero attached hydrogens (tertiary/aromatic N) is 1. The molecule has 1 N–H and O–H groups in total. The summed E-state index contributed by atoms with van der Waals surface area (Å²) >= 11 is 5.90. The van der Waals surface area contributed by atoms with E-state index in [1.54, 1.807) is 12.1 Å². The van der Waals surface area contributed by atoms with Gasteiger partial charge in [-0.05, 0) is 74.2 Å². The lowest BCUT2D eigenvalue weighted by Crippen LogP contribution is -2.42. The van der Waals surface area contributed by atoms with Crippen molar-refractivity contribution in [1.29, 1.82) is 0 Å². The van der Waals surface area contributed by atoms with Gasteiger partial charge in [-0.3, -0.25) is 9.10 Å². The van der Waals surface area contributed by atoms with Crippen molar-refractivity contribution in [2.75, 3.05) is 24.0 Å². The smallest absolute Gasteiger partial charge is 0.264 e. The number of aryl methyl sites for hydroxylation is 2. The van der Waals surface area contributed by atoms with Gasteiger partial charge in [0.25, 0.3) is 10.0 Å². The maximum absolute atomic E-state index is 13.3. The molecule has 29 heavy (non-hydrogen) atoms. The van der Waals surface area contributed by atoms with Crippen molar-refractivity contribution in [2.45, 2.75) is 37.7 Å². The second kappa shape index (κ2) is 9.15. The highest BCUT2D eigenvalue weighted by molar-refractivity contribution is 7.92. The Morgan fingerprint density at radius 3 is 2.52 bits per heavy atom. The standard InChI is InChI=1S/C21H25ClN2O4S/c1-15-5-8-18(12-16(15)2)24(14-21(25)23-13-19-4-3-11-28-19)29(26,27)20-9-6-17(22)7-10-20/h5-10,12,19H,3-4,11,13-14H2,1-2H3,(H,23,25)/t19-/m0/s1. The molecule has 0 spiro atoms. The Kier molecular flexibility index (Phi) is 6.82. The molecule has 1 amide bonds. The van der Waals surface area contributed by atoms with Crippen LogP contribution in [0.2, 0.25) is 5.02 Å². The van der Waals surface area contributed by atoms with E-state index < -0.39 is 10.0 Å². The lowest BCUT2D eigenvalue weighted by atomic mass is 10.1. The Bertz CT molecular complexity index is 971. The van der Waals surface area contributed by atoms with Gasteiger partial charge in [-0.1, -0.05) is 17.7 Å². The molecule has 1 fully saturated rings. The molecular weight excluding hydrogens is 412 g/mol. The molecule has 6 nitrogen and oxygen atoms in total. The topological polar surface area (TPSA) is 75.7 Å². The summed E-state index contributed by atoms with van der Waals surface area (Å²) in [4.78, 5) is 12.6. The highest BCUT2D eigenvalue weighted by Crippen LogP contribution is 2.26. The normalized spacial score (nSPS) is 16.6. The van der Waals surface area contributed by atoms with Crippen LogP contribution in [-0.2, 0) is 19.6 Å². The van der Waals surface area contributed by atoms with Crippen LogP contribution in [0.1, 0.15) is 24.0 Å². The van der Waals surface area contributed by atoms with Gasteiger partial charge in [0.1, 0.15) is 6.54 Å². The van der Waals surface area contributed by atoms with Crippen LogP contribution >= 0.6 is 11.6 Å². The molecular formula is C21H25ClN2O4S. The monoisotopic (exact) mass is 436 g/mol. The maximum Gasteiger partial charge on any atom is 0.264 e. The predicted octanol–water partition coefficient (Wildman–Crippen LogP) is 3.45. The summed E-state index contributed by atoms with van der Waals surface area (Å²) < 4.78 is 33.3. The Morgan fingerprint density at radius 1 is 1.17 bits per heavy atom. The van der Waals surface area contributed by atoms with Crippen molar-refractivity contribution in [3.63, 3.8) is 0 Å². The zero-order chi connectivity index (χ0) is 21.0. The minimum absolute atomic E-state index is 0.0121. The molecule has 0 aliphatic carbocycles. The number of rotatable bonds is 7. The molecule has 0 aromatic heterocycles. The summed E-state index contributed by atoms with van der Waals surface area (Å²) in [7, 11) is -3.95. The molecule has 1 heterocycles. The largest absolute Gasteiger partial charge is 0.376 e. The first-order valence-electron chi connectivity index (χ1n) is 9.51. The fourth-order valence-electron chi connectivity index (χ4n) is 3.15. The van der Waals surface area contributed by atoms with Gasteiger partial charge in [0.05, 0.1) is 16.7 Å². The van der Waals surface area contributed by atoms with Crippen molar-refractivity contribution in [1.82, 2.24) is 5.32 Å². The molecule has 1 saturated heterocycles. The molecule has 0 radical (unpaired) electrons. The molecule has 156 valence electrons. The van der Waals surface area contributed by atoms with Crippen LogP contribution in [0.4, 0.5) is 5.69 Å². The average molecular weight is 437 g/mol. The second-order valence-electron chi connectivity index (χ2n) is 7.17. The van der Waals surface area contributed by atoms with E-state index in [1.807, 2.05) is 19.9 Å². The Balaban J connectivity index is 1.87. The number of amides is 1. The molecule has 1 aliphatic heterocycles. The SMILES string of the molecule is Cc1ccc(N(CC(=O)NC[C@@H]2CCCO2)S(=O)(=O)c2ccc(Cl)cc2)cc1C. The lowest BCUT2D eigenvalue weighted by Gasteiger charge is -2.25. The first-order valence-corrected chi connectivity index (χ1v) is 11.3. The van der Waals surface area contributed by atoms with E-state index in [0.29, 0.717) is 23.9 Å². The number of halogens is 1. The van der Waals surface area contributed by atoms with Gasteiger partial charge in [-0.15, -0.1) is 0 Å². The summed E-state index contributed by atoms with van der Waals surface area (Å²) in [6.07, 6.45) is 1.85. The third kappa shape index (κ3) is 5.29. The van der Waals surface area contributed by atoms with Gasteiger partial charge in [0, 0.05) is 18.2 Å². The molecule has 8 heteroatoms. The van der Waals surface area contributed by atoms with Crippen molar-refractivity contribution in [3.8, 4) is 0 Å². The minimum atomic E-state index is -3.95. The number of carbonyl (C=O) groups excluding carboxylic acids is 1. The van der Waals surface area contributed by atoms with Gasteiger partial charge < -0.3 is 10.1 Å². The van der Waals surface area contributed by atoms with Crippen LogP contribution in [0, 0.1) is 13.8 Å². The number of carbonyl (C=O) groups is 1. The third-order valence-corrected chi connectivity index (χ3v) is 7.06. The van der Waals surface area contributed by atoms with Gasteiger partial charge >= 0.3 is 0 Å². The molecule has 1 aliphatic rings. The van der Waals surface area contributed by atoms with E-state index in [-0.39, 0.29) is 23.5 Å². The average Bonchev–Trinajstić information content (AvgIpc) is 3.21. The highest BCUT2D eigenvalue weighted by Gasteiger charge is 2.28. The Labute approximate surface area is 176 Å². The summed E-state index contributed by atoms with van der Waals surface area (Å²) in [5.74, 6) is -0.378. The van der Waals surface area contributed by atoms with Crippen LogP contribution in [0.15, 0.2) is 47.4 Å². The van der Waals surface area contributed by atoms with Gasteiger partial charge in [-0.25, -0.2) is 8.42 Å². The number of benzene rings is 2. The van der Waals surface area contributed by atoms with Crippen LogP contribution in [0.25, 0.3) is 0 Å². The van der Waals surface area contributed by atoms with E-state index in [9.17, 15) is 13.2 Å². The summed E-state index contributed by atoms with van der Waals surface area (Å²) in [6.45, 7) is 4.61. The summed E-state index contributed by atoms with van der Waals surface area (Å²) in [5.41, 5.74) is 2.43. The molecule has 3 rings (SSSR count). The van der Waals surface area contributed by atoms with Crippen molar-refractivity contribution < 1.29 is 17.9 Å². The number of sulfonamides is 1. The van der Waals surface area contributed by atoms with Crippen LogP contribution < -0.4 is 9.62 Å². The first-order chi connectivity index (χ1) is 13.8. The number of hydrogen-bond acceptors (Lipinski definition) is 4. The summed E-state index contributed by atoms with van der Waals surface area (Å²) in [5, 5.41) is 3.23. The number of anilines is 1. The van der Waals surface area contributed by atoms with E-state index >= 15 is 0 Å². The minimum Gasteiger partial charge on any atom is -0.376 e. The molecule has 1 atom stereocenters. The maximum atomic E-state index is 13.3. The number of hydrogen-bond donors (Lipinski definition) is 1. The highest BCUT2D eigenvalue weighted by atomic mass is 35.5. The summed E-state index contributed by atoms with van der Waals surface area (Å²) in [6, 6.07) is 11.2. The second-order valence-corrected chi connectivity index (χ2v) is 9.47. The van der Waals surface area contributed by atoms with Crippen LogP contribution in [0.3, 0.4) is 0 Å². The zero-order valence-corrected chi connectivity index (χ0v) is 18.1. The van der Waals surface area contributed by atoms with Crippen molar-refractivity contribution >= 4 is 33.2 Å². The molecule has 2 aromatic rings. The van der Waals surface area contributed by atoms with E-state index in [2.05, 4.69) is 5.32 Å². The van der Waals surface area contributed by atoms with Gasteiger partial charge in [0.15, 0.2) is 0 Å².